The average Bonchev–Trinajstić information content (AvgIpc) is 2.88. The Morgan fingerprint density at radius 2 is 1.75 bits per heavy atom. The van der Waals surface area contributed by atoms with E-state index in [1.165, 1.54) is 6.42 Å². The van der Waals surface area contributed by atoms with Gasteiger partial charge in [-0.2, -0.15) is 0 Å². The van der Waals surface area contributed by atoms with Crippen LogP contribution in [-0.2, 0) is 14.3 Å². The Morgan fingerprint density at radius 3 is 2.47 bits per heavy atom. The number of nitrogens with one attached hydrogen (secondary N) is 1. The summed E-state index contributed by atoms with van der Waals surface area (Å²) in [6.45, 7) is 1.91. The van der Waals surface area contributed by atoms with Gasteiger partial charge in [-0.05, 0) is 80.3 Å². The largest absolute Gasteiger partial charge is 0.497 e. The van der Waals surface area contributed by atoms with Crippen molar-refractivity contribution in [3.8, 4) is 5.75 Å². The van der Waals surface area contributed by atoms with E-state index in [0.29, 0.717) is 34.8 Å². The molecular weight excluding hydrogens is 474 g/mol. The van der Waals surface area contributed by atoms with Gasteiger partial charge in [0.2, 0.25) is 0 Å². The second kappa shape index (κ2) is 10.5. The lowest BCUT2D eigenvalue weighted by atomic mass is 9.71. The topological polar surface area (TPSA) is 64.6 Å². The summed E-state index contributed by atoms with van der Waals surface area (Å²) in [7, 11) is 1.62. The van der Waals surface area contributed by atoms with E-state index in [2.05, 4.69) is 5.32 Å². The number of ether oxygens (including phenoxy) is 2. The van der Waals surface area contributed by atoms with E-state index >= 15 is 0 Å². The highest BCUT2D eigenvalue weighted by atomic mass is 35.5. The molecule has 0 radical (unpaired) electrons. The maximum Gasteiger partial charge on any atom is 0.337 e. The highest BCUT2D eigenvalue weighted by Crippen LogP contribution is 2.46. The number of allylic oxidation sites excluding steroid dienone is 3. The van der Waals surface area contributed by atoms with Crippen molar-refractivity contribution in [1.82, 2.24) is 5.32 Å². The van der Waals surface area contributed by atoms with Gasteiger partial charge in [0.25, 0.3) is 0 Å². The highest BCUT2D eigenvalue weighted by molar-refractivity contribution is 6.30. The third-order valence-corrected chi connectivity index (χ3v) is 7.89. The molecule has 6 heteroatoms. The fraction of sp³-hybridized carbons (Fsp3) is 0.400. The fourth-order valence-corrected chi connectivity index (χ4v) is 5.96. The van der Waals surface area contributed by atoms with Gasteiger partial charge in [0.15, 0.2) is 5.78 Å². The summed E-state index contributed by atoms with van der Waals surface area (Å²) in [5.74, 6) is -0.0411. The van der Waals surface area contributed by atoms with Gasteiger partial charge in [-0.1, -0.05) is 42.3 Å². The van der Waals surface area contributed by atoms with Crippen LogP contribution in [-0.4, -0.2) is 25.0 Å². The smallest absolute Gasteiger partial charge is 0.337 e. The summed E-state index contributed by atoms with van der Waals surface area (Å²) >= 11 is 6.09. The monoisotopic (exact) mass is 505 g/mol. The molecule has 0 spiro atoms. The van der Waals surface area contributed by atoms with Crippen LogP contribution in [0.3, 0.4) is 0 Å². The SMILES string of the molecule is COc1cccc([C@@H]2C(C(=O)OC3CCCCC3)=C(C)NC3=C2C(=O)C[C@H](c2ccc(Cl)cc2)C3)c1. The molecule has 2 aromatic carbocycles. The Hall–Kier alpha value is -3.05. The van der Waals surface area contributed by atoms with Gasteiger partial charge in [-0.3, -0.25) is 4.79 Å². The molecule has 2 aromatic rings. The Balaban J connectivity index is 1.53. The molecule has 1 saturated carbocycles. The van der Waals surface area contributed by atoms with Crippen molar-refractivity contribution < 1.29 is 19.1 Å². The third kappa shape index (κ3) is 4.94. The molecule has 0 aromatic heterocycles. The van der Waals surface area contributed by atoms with E-state index in [-0.39, 0.29) is 23.8 Å². The number of carbonyl (C=O) groups excluding carboxylic acids is 2. The molecule has 2 aliphatic carbocycles. The number of esters is 1. The van der Waals surface area contributed by atoms with Crippen LogP contribution in [0.25, 0.3) is 0 Å². The van der Waals surface area contributed by atoms with Gasteiger partial charge in [-0.25, -0.2) is 4.79 Å². The quantitative estimate of drug-likeness (QED) is 0.464. The van der Waals surface area contributed by atoms with Crippen molar-refractivity contribution in [2.24, 2.45) is 0 Å². The number of hydrogen-bond acceptors (Lipinski definition) is 5. The van der Waals surface area contributed by atoms with Crippen molar-refractivity contribution >= 4 is 23.4 Å². The zero-order chi connectivity index (χ0) is 25.2. The minimum Gasteiger partial charge on any atom is -0.497 e. The van der Waals surface area contributed by atoms with Crippen molar-refractivity contribution in [3.05, 3.63) is 87.2 Å². The maximum atomic E-state index is 13.8. The van der Waals surface area contributed by atoms with Crippen LogP contribution in [0.1, 0.15) is 74.8 Å². The Bertz CT molecular complexity index is 1220. The predicted molar refractivity (Wildman–Crippen MR) is 140 cm³/mol. The van der Waals surface area contributed by atoms with Crippen LogP contribution in [0.5, 0.6) is 5.75 Å². The summed E-state index contributed by atoms with van der Waals surface area (Å²) < 4.78 is 11.5. The number of carbonyl (C=O) groups is 2. The number of Topliss-reactive ketones (excluding diaryl/α,β-unsaturated/α-hetero) is 1. The molecule has 1 aliphatic heterocycles. The number of rotatable bonds is 5. The summed E-state index contributed by atoms with van der Waals surface area (Å²) in [4.78, 5) is 27.4. The van der Waals surface area contributed by atoms with E-state index in [1.807, 2.05) is 55.5 Å². The molecule has 0 saturated heterocycles. The molecule has 1 heterocycles. The molecule has 0 amide bonds. The lowest BCUT2D eigenvalue weighted by Gasteiger charge is -2.37. The Morgan fingerprint density at radius 1 is 1.00 bits per heavy atom. The van der Waals surface area contributed by atoms with Crippen LogP contribution in [0.15, 0.2) is 71.1 Å². The molecule has 1 N–H and O–H groups in total. The van der Waals surface area contributed by atoms with Crippen molar-refractivity contribution in [2.75, 3.05) is 7.11 Å². The number of benzene rings is 2. The molecule has 5 rings (SSSR count). The number of methoxy groups -OCH3 is 1. The predicted octanol–water partition coefficient (Wildman–Crippen LogP) is 6.59. The first kappa shape index (κ1) is 24.6. The number of ketones is 1. The first-order chi connectivity index (χ1) is 17.4. The van der Waals surface area contributed by atoms with Crippen LogP contribution in [0.2, 0.25) is 5.02 Å². The summed E-state index contributed by atoms with van der Waals surface area (Å²) in [6, 6.07) is 15.4. The molecular formula is C30H32ClNO4. The number of halogens is 1. The van der Waals surface area contributed by atoms with Crippen molar-refractivity contribution in [1.29, 1.82) is 0 Å². The average molecular weight is 506 g/mol. The first-order valence-electron chi connectivity index (χ1n) is 12.8. The highest BCUT2D eigenvalue weighted by Gasteiger charge is 2.42. The van der Waals surface area contributed by atoms with Gasteiger partial charge < -0.3 is 14.8 Å². The van der Waals surface area contributed by atoms with E-state index in [1.54, 1.807) is 7.11 Å². The zero-order valence-electron chi connectivity index (χ0n) is 20.8. The normalized spacial score (nSPS) is 22.7. The molecule has 2 atom stereocenters. The number of dihydropyridines is 1. The van der Waals surface area contributed by atoms with Crippen LogP contribution in [0, 0.1) is 0 Å². The third-order valence-electron chi connectivity index (χ3n) is 7.64. The van der Waals surface area contributed by atoms with Gasteiger partial charge in [0, 0.05) is 34.3 Å². The molecule has 0 bridgehead atoms. The molecule has 0 unspecified atom stereocenters. The van der Waals surface area contributed by atoms with Crippen molar-refractivity contribution in [2.45, 2.75) is 69.8 Å². The van der Waals surface area contributed by atoms with E-state index in [9.17, 15) is 9.59 Å². The standard InChI is InChI=1S/C30H32ClNO4/c1-18-27(30(34)36-23-8-4-3-5-9-23)28(20-7-6-10-24(15-20)35-2)29-25(32-18)16-21(17-26(29)33)19-11-13-22(31)14-12-19/h6-7,10-15,21,23,28,32H,3-5,8-9,16-17H2,1-2H3/t21-,28-/m1/s1. The Labute approximate surface area is 217 Å². The molecule has 36 heavy (non-hydrogen) atoms. The van der Waals surface area contributed by atoms with Crippen LogP contribution < -0.4 is 10.1 Å². The van der Waals surface area contributed by atoms with Gasteiger partial charge >= 0.3 is 5.97 Å². The van der Waals surface area contributed by atoms with Gasteiger partial charge in [0.1, 0.15) is 11.9 Å². The van der Waals surface area contributed by atoms with Gasteiger partial charge in [-0.15, -0.1) is 0 Å². The molecule has 3 aliphatic rings. The Kier molecular flexibility index (Phi) is 7.20. The van der Waals surface area contributed by atoms with E-state index in [0.717, 1.165) is 48.2 Å². The maximum absolute atomic E-state index is 13.8. The zero-order valence-corrected chi connectivity index (χ0v) is 21.6. The van der Waals surface area contributed by atoms with E-state index < -0.39 is 5.92 Å². The summed E-state index contributed by atoms with van der Waals surface area (Å²) in [5.41, 5.74) is 4.75. The molecule has 5 nitrogen and oxygen atoms in total. The molecule has 1 fully saturated rings. The van der Waals surface area contributed by atoms with Gasteiger partial charge in [0.05, 0.1) is 12.7 Å². The van der Waals surface area contributed by atoms with Crippen molar-refractivity contribution in [3.63, 3.8) is 0 Å². The first-order valence-corrected chi connectivity index (χ1v) is 13.2. The fourth-order valence-electron chi connectivity index (χ4n) is 5.83. The minimum atomic E-state index is -0.494. The lowest BCUT2D eigenvalue weighted by molar-refractivity contribution is -0.146. The van der Waals surface area contributed by atoms with Crippen LogP contribution >= 0.6 is 11.6 Å². The number of hydrogen-bond donors (Lipinski definition) is 1. The molecule has 188 valence electrons. The summed E-state index contributed by atoms with van der Waals surface area (Å²) in [6.07, 6.45) is 6.13. The van der Waals surface area contributed by atoms with E-state index in [4.69, 9.17) is 21.1 Å². The summed E-state index contributed by atoms with van der Waals surface area (Å²) in [5, 5.41) is 4.11. The lowest BCUT2D eigenvalue weighted by Crippen LogP contribution is -2.37. The van der Waals surface area contributed by atoms with Crippen LogP contribution in [0.4, 0.5) is 0 Å². The second-order valence-electron chi connectivity index (χ2n) is 10.0. The second-order valence-corrected chi connectivity index (χ2v) is 10.4. The minimum absolute atomic E-state index is 0.0481.